The summed E-state index contributed by atoms with van der Waals surface area (Å²) in [6.45, 7) is 2.01. The van der Waals surface area contributed by atoms with E-state index in [4.69, 9.17) is 11.6 Å². The fraction of sp³-hybridized carbons (Fsp3) is 0.308. The van der Waals surface area contributed by atoms with Crippen LogP contribution in [0.4, 0.5) is 0 Å². The molecule has 1 N–H and O–H groups in total. The third kappa shape index (κ3) is 2.21. The SMILES string of the molecule is CNC(c1cccc(C)c1Cl)c1nccn1C. The van der Waals surface area contributed by atoms with Gasteiger partial charge in [0.25, 0.3) is 0 Å². The summed E-state index contributed by atoms with van der Waals surface area (Å²) in [5.74, 6) is 0.958. The number of hydrogen-bond donors (Lipinski definition) is 1. The van der Waals surface area contributed by atoms with E-state index in [0.29, 0.717) is 0 Å². The number of nitrogens with zero attached hydrogens (tertiary/aromatic N) is 2. The number of aromatic nitrogens is 2. The molecule has 1 atom stereocenters. The fourth-order valence-corrected chi connectivity index (χ4v) is 2.21. The minimum atomic E-state index is 0.0161. The topological polar surface area (TPSA) is 29.9 Å². The number of aryl methyl sites for hydroxylation is 2. The molecule has 0 aliphatic rings. The zero-order chi connectivity index (χ0) is 12.4. The quantitative estimate of drug-likeness (QED) is 0.907. The molecule has 1 heterocycles. The Kier molecular flexibility index (Phi) is 3.50. The second-order valence-corrected chi connectivity index (χ2v) is 4.47. The van der Waals surface area contributed by atoms with E-state index in [-0.39, 0.29) is 6.04 Å². The zero-order valence-electron chi connectivity index (χ0n) is 10.2. The van der Waals surface area contributed by atoms with E-state index in [9.17, 15) is 0 Å². The van der Waals surface area contributed by atoms with Crippen LogP contribution >= 0.6 is 11.6 Å². The average Bonchev–Trinajstić information content (AvgIpc) is 2.72. The van der Waals surface area contributed by atoms with E-state index in [1.165, 1.54) is 0 Å². The van der Waals surface area contributed by atoms with Gasteiger partial charge in [0.2, 0.25) is 0 Å². The molecule has 2 rings (SSSR count). The van der Waals surface area contributed by atoms with E-state index in [0.717, 1.165) is 22.0 Å². The molecule has 3 nitrogen and oxygen atoms in total. The van der Waals surface area contributed by atoms with Crippen LogP contribution in [0.25, 0.3) is 0 Å². The molecule has 17 heavy (non-hydrogen) atoms. The van der Waals surface area contributed by atoms with Crippen molar-refractivity contribution in [2.45, 2.75) is 13.0 Å². The summed E-state index contributed by atoms with van der Waals surface area (Å²) in [5.41, 5.74) is 2.14. The third-order valence-corrected chi connectivity index (χ3v) is 3.45. The molecule has 0 fully saturated rings. The van der Waals surface area contributed by atoms with Gasteiger partial charge in [-0.05, 0) is 25.1 Å². The first-order valence-electron chi connectivity index (χ1n) is 5.54. The fourth-order valence-electron chi connectivity index (χ4n) is 1.97. The number of imidazole rings is 1. The van der Waals surface area contributed by atoms with E-state index < -0.39 is 0 Å². The Balaban J connectivity index is 2.50. The van der Waals surface area contributed by atoms with Crippen molar-refractivity contribution < 1.29 is 0 Å². The maximum Gasteiger partial charge on any atom is 0.130 e. The van der Waals surface area contributed by atoms with Crippen LogP contribution in [-0.4, -0.2) is 16.6 Å². The Morgan fingerprint density at radius 2 is 2.18 bits per heavy atom. The van der Waals surface area contributed by atoms with Gasteiger partial charge < -0.3 is 9.88 Å². The van der Waals surface area contributed by atoms with Gasteiger partial charge in [0.15, 0.2) is 0 Å². The molecule has 4 heteroatoms. The van der Waals surface area contributed by atoms with E-state index in [1.54, 1.807) is 6.20 Å². The summed E-state index contributed by atoms with van der Waals surface area (Å²) in [6.07, 6.45) is 3.73. The number of rotatable bonds is 3. The number of hydrogen-bond acceptors (Lipinski definition) is 2. The molecule has 1 unspecified atom stereocenters. The summed E-state index contributed by atoms with van der Waals surface area (Å²) in [5, 5.41) is 4.06. The summed E-state index contributed by atoms with van der Waals surface area (Å²) < 4.78 is 2.00. The summed E-state index contributed by atoms with van der Waals surface area (Å²) in [6, 6.07) is 6.08. The maximum absolute atomic E-state index is 6.36. The summed E-state index contributed by atoms with van der Waals surface area (Å²) in [4.78, 5) is 4.38. The lowest BCUT2D eigenvalue weighted by atomic mass is 10.0. The van der Waals surface area contributed by atoms with Gasteiger partial charge in [0.05, 0.1) is 6.04 Å². The van der Waals surface area contributed by atoms with Crippen molar-refractivity contribution in [2.75, 3.05) is 7.05 Å². The normalized spacial score (nSPS) is 12.7. The number of halogens is 1. The van der Waals surface area contributed by atoms with Crippen molar-refractivity contribution in [2.24, 2.45) is 7.05 Å². The standard InChI is InChI=1S/C13H16ClN3/c1-9-5-4-6-10(11(9)14)12(15-2)13-16-7-8-17(13)3/h4-8,12,15H,1-3H3. The van der Waals surface area contributed by atoms with Crippen LogP contribution in [0, 0.1) is 6.92 Å². The van der Waals surface area contributed by atoms with Gasteiger partial charge in [-0.15, -0.1) is 0 Å². The smallest absolute Gasteiger partial charge is 0.130 e. The van der Waals surface area contributed by atoms with Crippen LogP contribution < -0.4 is 5.32 Å². The van der Waals surface area contributed by atoms with Crippen LogP contribution in [0.2, 0.25) is 5.02 Å². The first kappa shape index (κ1) is 12.1. The second-order valence-electron chi connectivity index (χ2n) is 4.10. The Labute approximate surface area is 106 Å². The molecule has 0 aliphatic heterocycles. The van der Waals surface area contributed by atoms with Crippen LogP contribution in [0.3, 0.4) is 0 Å². The minimum Gasteiger partial charge on any atom is -0.336 e. The number of benzene rings is 1. The molecule has 0 bridgehead atoms. The van der Waals surface area contributed by atoms with Crippen LogP contribution in [-0.2, 0) is 7.05 Å². The number of nitrogens with one attached hydrogen (secondary N) is 1. The largest absolute Gasteiger partial charge is 0.336 e. The Hall–Kier alpha value is -1.32. The van der Waals surface area contributed by atoms with Crippen molar-refractivity contribution >= 4 is 11.6 Å². The van der Waals surface area contributed by atoms with Gasteiger partial charge in [0.1, 0.15) is 5.82 Å². The lowest BCUT2D eigenvalue weighted by Crippen LogP contribution is -2.21. The first-order chi connectivity index (χ1) is 8.15. The predicted molar refractivity (Wildman–Crippen MR) is 70.3 cm³/mol. The van der Waals surface area contributed by atoms with Gasteiger partial charge in [-0.1, -0.05) is 29.8 Å². The molecule has 0 radical (unpaired) electrons. The first-order valence-corrected chi connectivity index (χ1v) is 5.92. The highest BCUT2D eigenvalue weighted by molar-refractivity contribution is 6.32. The molecule has 0 aliphatic carbocycles. The second kappa shape index (κ2) is 4.90. The van der Waals surface area contributed by atoms with Gasteiger partial charge in [0, 0.05) is 24.5 Å². The highest BCUT2D eigenvalue weighted by atomic mass is 35.5. The molecule has 0 amide bonds. The Morgan fingerprint density at radius 3 is 2.76 bits per heavy atom. The van der Waals surface area contributed by atoms with Gasteiger partial charge >= 0.3 is 0 Å². The average molecular weight is 250 g/mol. The monoisotopic (exact) mass is 249 g/mol. The minimum absolute atomic E-state index is 0.0161. The van der Waals surface area contributed by atoms with Crippen LogP contribution in [0.5, 0.6) is 0 Å². The van der Waals surface area contributed by atoms with Crippen molar-refractivity contribution in [1.82, 2.24) is 14.9 Å². The van der Waals surface area contributed by atoms with Gasteiger partial charge in [-0.3, -0.25) is 0 Å². The van der Waals surface area contributed by atoms with E-state index in [2.05, 4.69) is 10.3 Å². The Bertz CT molecular complexity index is 519. The summed E-state index contributed by atoms with van der Waals surface area (Å²) in [7, 11) is 3.90. The van der Waals surface area contributed by atoms with Gasteiger partial charge in [-0.25, -0.2) is 4.98 Å². The summed E-state index contributed by atoms with van der Waals surface area (Å²) >= 11 is 6.36. The molecule has 90 valence electrons. The maximum atomic E-state index is 6.36. The van der Waals surface area contributed by atoms with Crippen LogP contribution in [0.15, 0.2) is 30.6 Å². The molecule has 1 aromatic carbocycles. The molecule has 0 saturated carbocycles. The van der Waals surface area contributed by atoms with Crippen molar-refractivity contribution in [3.05, 3.63) is 52.6 Å². The van der Waals surface area contributed by atoms with Crippen LogP contribution in [0.1, 0.15) is 23.0 Å². The van der Waals surface area contributed by atoms with Crippen molar-refractivity contribution in [3.63, 3.8) is 0 Å². The molecule has 1 aromatic heterocycles. The van der Waals surface area contributed by atoms with Crippen molar-refractivity contribution in [1.29, 1.82) is 0 Å². The third-order valence-electron chi connectivity index (χ3n) is 2.94. The lowest BCUT2D eigenvalue weighted by Gasteiger charge is -2.18. The van der Waals surface area contributed by atoms with E-state index in [1.807, 2.05) is 50.0 Å². The highest BCUT2D eigenvalue weighted by Crippen LogP contribution is 2.29. The van der Waals surface area contributed by atoms with E-state index >= 15 is 0 Å². The molecule has 2 aromatic rings. The van der Waals surface area contributed by atoms with Crippen molar-refractivity contribution in [3.8, 4) is 0 Å². The predicted octanol–water partition coefficient (Wildman–Crippen LogP) is 2.69. The molecule has 0 spiro atoms. The zero-order valence-corrected chi connectivity index (χ0v) is 11.0. The highest BCUT2D eigenvalue weighted by Gasteiger charge is 2.19. The lowest BCUT2D eigenvalue weighted by molar-refractivity contribution is 0.617. The Morgan fingerprint density at radius 1 is 1.41 bits per heavy atom. The molecular formula is C13H16ClN3. The molecule has 0 saturated heterocycles. The van der Waals surface area contributed by atoms with Gasteiger partial charge in [-0.2, -0.15) is 0 Å². The molecular weight excluding hydrogens is 234 g/mol.